The van der Waals surface area contributed by atoms with Gasteiger partial charge in [0.2, 0.25) is 10.0 Å². The molecule has 150 valence electrons. The quantitative estimate of drug-likeness (QED) is 0.512. The Morgan fingerprint density at radius 2 is 1.63 bits per heavy atom. The molecule has 0 saturated heterocycles. The van der Waals surface area contributed by atoms with Gasteiger partial charge < -0.3 is 5.32 Å². The van der Waals surface area contributed by atoms with Crippen LogP contribution in [-0.2, 0) is 10.0 Å². The molecule has 0 aliphatic carbocycles. The van der Waals surface area contributed by atoms with Gasteiger partial charge in [0.1, 0.15) is 0 Å². The molecule has 7 nitrogen and oxygen atoms in total. The fourth-order valence-electron chi connectivity index (χ4n) is 3.11. The molecule has 0 aliphatic rings. The van der Waals surface area contributed by atoms with Gasteiger partial charge in [0.05, 0.1) is 28.7 Å². The van der Waals surface area contributed by atoms with Gasteiger partial charge in [-0.3, -0.25) is 14.5 Å². The lowest BCUT2D eigenvalue weighted by Gasteiger charge is -2.12. The van der Waals surface area contributed by atoms with Crippen molar-refractivity contribution in [3.05, 3.63) is 84.7 Å². The highest BCUT2D eigenvalue weighted by molar-refractivity contribution is 7.92. The largest absolute Gasteiger partial charge is 0.322 e. The Morgan fingerprint density at radius 1 is 0.900 bits per heavy atom. The average molecular weight is 418 g/mol. The predicted octanol–water partition coefficient (Wildman–Crippen LogP) is 3.92. The number of para-hydroxylation sites is 1. The van der Waals surface area contributed by atoms with Crippen molar-refractivity contribution in [1.82, 2.24) is 9.97 Å². The summed E-state index contributed by atoms with van der Waals surface area (Å²) >= 11 is 0. The highest BCUT2D eigenvalue weighted by Gasteiger charge is 2.14. The second kappa shape index (κ2) is 7.92. The first-order chi connectivity index (χ1) is 14.4. The Labute approximate surface area is 173 Å². The molecule has 2 aromatic heterocycles. The number of benzene rings is 2. The van der Waals surface area contributed by atoms with Gasteiger partial charge in [-0.05, 0) is 42.5 Å². The lowest BCUT2D eigenvalue weighted by molar-refractivity contribution is 0.102. The van der Waals surface area contributed by atoms with Crippen LogP contribution in [0.4, 0.5) is 11.4 Å². The van der Waals surface area contributed by atoms with E-state index in [4.69, 9.17) is 0 Å². The number of carbonyl (C=O) groups excluding carboxylic acids is 1. The summed E-state index contributed by atoms with van der Waals surface area (Å²) in [6.07, 6.45) is 4.42. The molecule has 4 rings (SSSR count). The van der Waals surface area contributed by atoms with E-state index in [-0.39, 0.29) is 5.91 Å². The molecule has 0 spiro atoms. The summed E-state index contributed by atoms with van der Waals surface area (Å²) < 4.78 is 25.3. The predicted molar refractivity (Wildman–Crippen MR) is 118 cm³/mol. The Hall–Kier alpha value is -3.78. The summed E-state index contributed by atoms with van der Waals surface area (Å²) in [5.41, 5.74) is 3.52. The third kappa shape index (κ3) is 4.44. The first kappa shape index (κ1) is 19.5. The van der Waals surface area contributed by atoms with Crippen molar-refractivity contribution < 1.29 is 13.2 Å². The zero-order chi connectivity index (χ0) is 21.1. The number of pyridine rings is 2. The van der Waals surface area contributed by atoms with Crippen LogP contribution < -0.4 is 10.0 Å². The summed E-state index contributed by atoms with van der Waals surface area (Å²) in [5.74, 6) is -0.319. The van der Waals surface area contributed by atoms with Crippen LogP contribution in [0.2, 0.25) is 0 Å². The third-order valence-corrected chi connectivity index (χ3v) is 4.97. The van der Waals surface area contributed by atoms with Crippen molar-refractivity contribution in [3.63, 3.8) is 0 Å². The molecular formula is C22H18N4O3S. The zero-order valence-corrected chi connectivity index (χ0v) is 16.8. The summed E-state index contributed by atoms with van der Waals surface area (Å²) in [7, 11) is -3.42. The number of anilines is 2. The van der Waals surface area contributed by atoms with Gasteiger partial charge in [-0.2, -0.15) is 0 Å². The van der Waals surface area contributed by atoms with Crippen LogP contribution in [0.25, 0.3) is 22.2 Å². The molecule has 2 heterocycles. The van der Waals surface area contributed by atoms with Gasteiger partial charge in [0.25, 0.3) is 5.91 Å². The van der Waals surface area contributed by atoms with Crippen molar-refractivity contribution in [3.8, 4) is 11.3 Å². The van der Waals surface area contributed by atoms with E-state index in [0.29, 0.717) is 28.1 Å². The number of rotatable bonds is 5. The Balaban J connectivity index is 1.72. The van der Waals surface area contributed by atoms with Crippen molar-refractivity contribution >= 4 is 38.2 Å². The molecule has 0 bridgehead atoms. The van der Waals surface area contributed by atoms with Gasteiger partial charge in [-0.25, -0.2) is 13.4 Å². The molecular weight excluding hydrogens is 400 g/mol. The van der Waals surface area contributed by atoms with Gasteiger partial charge in [0.15, 0.2) is 0 Å². The Kier molecular flexibility index (Phi) is 5.16. The fraction of sp³-hybridized carbons (Fsp3) is 0.0455. The van der Waals surface area contributed by atoms with Gasteiger partial charge >= 0.3 is 0 Å². The topological polar surface area (TPSA) is 101 Å². The van der Waals surface area contributed by atoms with Crippen LogP contribution in [0.3, 0.4) is 0 Å². The monoisotopic (exact) mass is 418 g/mol. The van der Waals surface area contributed by atoms with E-state index in [9.17, 15) is 13.2 Å². The van der Waals surface area contributed by atoms with E-state index in [1.165, 1.54) is 0 Å². The first-order valence-electron chi connectivity index (χ1n) is 9.08. The maximum Gasteiger partial charge on any atom is 0.256 e. The van der Waals surface area contributed by atoms with E-state index in [0.717, 1.165) is 17.2 Å². The number of hydrogen-bond acceptors (Lipinski definition) is 5. The smallest absolute Gasteiger partial charge is 0.256 e. The first-order valence-corrected chi connectivity index (χ1v) is 11.0. The van der Waals surface area contributed by atoms with Gasteiger partial charge in [-0.15, -0.1) is 0 Å². The second-order valence-electron chi connectivity index (χ2n) is 6.72. The highest BCUT2D eigenvalue weighted by atomic mass is 32.2. The van der Waals surface area contributed by atoms with E-state index in [2.05, 4.69) is 20.0 Å². The molecule has 30 heavy (non-hydrogen) atoms. The molecule has 2 aromatic carbocycles. The van der Waals surface area contributed by atoms with Crippen LogP contribution >= 0.6 is 0 Å². The lowest BCUT2D eigenvalue weighted by atomic mass is 10.0. The van der Waals surface area contributed by atoms with E-state index < -0.39 is 10.0 Å². The normalized spacial score (nSPS) is 11.2. The van der Waals surface area contributed by atoms with Crippen molar-refractivity contribution in [2.24, 2.45) is 0 Å². The minimum Gasteiger partial charge on any atom is -0.322 e. The lowest BCUT2D eigenvalue weighted by Crippen LogP contribution is -2.14. The van der Waals surface area contributed by atoms with E-state index >= 15 is 0 Å². The Bertz CT molecular complexity index is 1340. The fourth-order valence-corrected chi connectivity index (χ4v) is 3.66. The maximum absolute atomic E-state index is 13.1. The summed E-state index contributed by atoms with van der Waals surface area (Å²) in [6.45, 7) is 0. The molecule has 0 saturated carbocycles. The number of nitrogens with zero attached hydrogens (tertiary/aromatic N) is 2. The standard InChI is InChI=1S/C22H18N4O3S/c1-30(28,29)26-17-6-4-5-16(13-17)24-22(27)19-14-21(15-9-11-23-12-10-15)25-20-8-3-2-7-18(19)20/h2-14,26H,1H3,(H,24,27). The zero-order valence-electron chi connectivity index (χ0n) is 16.0. The number of fused-ring (bicyclic) bond motifs is 1. The number of hydrogen-bond donors (Lipinski definition) is 2. The number of sulfonamides is 1. The van der Waals surface area contributed by atoms with Gasteiger partial charge in [-0.1, -0.05) is 24.3 Å². The minimum atomic E-state index is -3.42. The number of aromatic nitrogens is 2. The van der Waals surface area contributed by atoms with Crippen LogP contribution in [0, 0.1) is 0 Å². The van der Waals surface area contributed by atoms with E-state index in [1.807, 2.05) is 36.4 Å². The van der Waals surface area contributed by atoms with E-state index in [1.54, 1.807) is 42.7 Å². The third-order valence-electron chi connectivity index (χ3n) is 4.36. The summed E-state index contributed by atoms with van der Waals surface area (Å²) in [6, 6.07) is 19.4. The molecule has 0 aliphatic heterocycles. The highest BCUT2D eigenvalue weighted by Crippen LogP contribution is 2.26. The molecule has 0 unspecified atom stereocenters. The molecule has 1 amide bonds. The average Bonchev–Trinajstić information content (AvgIpc) is 2.72. The summed E-state index contributed by atoms with van der Waals surface area (Å²) in [4.78, 5) is 21.8. The molecule has 2 N–H and O–H groups in total. The maximum atomic E-state index is 13.1. The second-order valence-corrected chi connectivity index (χ2v) is 8.47. The molecule has 0 fully saturated rings. The van der Waals surface area contributed by atoms with Gasteiger partial charge in [0, 0.05) is 29.0 Å². The number of carbonyl (C=O) groups is 1. The number of amides is 1. The van der Waals surface area contributed by atoms with Crippen LogP contribution in [0.1, 0.15) is 10.4 Å². The van der Waals surface area contributed by atoms with Crippen LogP contribution in [-0.4, -0.2) is 30.5 Å². The molecule has 4 aromatic rings. The number of nitrogens with one attached hydrogen (secondary N) is 2. The SMILES string of the molecule is CS(=O)(=O)Nc1cccc(NC(=O)c2cc(-c3ccncc3)nc3ccccc23)c1. The molecule has 0 radical (unpaired) electrons. The molecule has 8 heteroatoms. The van der Waals surface area contributed by atoms with Crippen LogP contribution in [0.15, 0.2) is 79.1 Å². The van der Waals surface area contributed by atoms with Crippen molar-refractivity contribution in [1.29, 1.82) is 0 Å². The minimum absolute atomic E-state index is 0.319. The molecule has 0 atom stereocenters. The summed E-state index contributed by atoms with van der Waals surface area (Å²) in [5, 5.41) is 3.56. The van der Waals surface area contributed by atoms with Crippen LogP contribution in [0.5, 0.6) is 0 Å². The van der Waals surface area contributed by atoms with Crippen molar-refractivity contribution in [2.75, 3.05) is 16.3 Å². The van der Waals surface area contributed by atoms with Crippen molar-refractivity contribution in [2.45, 2.75) is 0 Å². The Morgan fingerprint density at radius 3 is 2.40 bits per heavy atom.